The van der Waals surface area contributed by atoms with Gasteiger partial charge in [-0.2, -0.15) is 0 Å². The number of hydrogen-bond donors (Lipinski definition) is 2. The van der Waals surface area contributed by atoms with Crippen LogP contribution >= 0.6 is 11.3 Å². The summed E-state index contributed by atoms with van der Waals surface area (Å²) in [7, 11) is 0. The molecule has 0 saturated heterocycles. The molecule has 0 unspecified atom stereocenters. The maximum absolute atomic E-state index is 8.83. The average molecular weight is 310 g/mol. The molecule has 1 heterocycles. The second-order valence-corrected chi connectivity index (χ2v) is 7.75. The first-order chi connectivity index (χ1) is 9.90. The van der Waals surface area contributed by atoms with Gasteiger partial charge in [-0.05, 0) is 12.8 Å². The minimum absolute atomic E-state index is 0.0819. The van der Waals surface area contributed by atoms with Gasteiger partial charge < -0.3 is 10.9 Å². The van der Waals surface area contributed by atoms with E-state index in [9.17, 15) is 0 Å². The molecule has 1 saturated carbocycles. The molecule has 6 heteroatoms. The average Bonchev–Trinajstić information content (AvgIpc) is 3.08. The van der Waals surface area contributed by atoms with Crippen molar-refractivity contribution in [2.45, 2.75) is 64.5 Å². The van der Waals surface area contributed by atoms with Crippen molar-refractivity contribution < 1.29 is 5.21 Å². The van der Waals surface area contributed by atoms with Crippen LogP contribution in [0, 0.1) is 0 Å². The number of nitrogens with zero attached hydrogens (tertiary/aromatic N) is 3. The maximum Gasteiger partial charge on any atom is 0.153 e. The van der Waals surface area contributed by atoms with E-state index in [4.69, 9.17) is 15.9 Å². The van der Waals surface area contributed by atoms with Gasteiger partial charge in [-0.1, -0.05) is 38.8 Å². The summed E-state index contributed by atoms with van der Waals surface area (Å²) in [4.78, 5) is 7.06. The molecular formula is C15H26N4OS. The molecule has 0 aliphatic heterocycles. The highest BCUT2D eigenvalue weighted by Gasteiger charge is 2.25. The van der Waals surface area contributed by atoms with Crippen LogP contribution in [0.1, 0.15) is 57.2 Å². The molecule has 0 amide bonds. The number of rotatable bonds is 5. The monoisotopic (exact) mass is 310 g/mol. The summed E-state index contributed by atoms with van der Waals surface area (Å²) in [5.41, 5.74) is 6.93. The number of amidine groups is 1. The standard InChI is InChI=1S/C15H26N4OS/c1-15(2,3)12-10-21-14(17-12)9-19(8-13(16)18-20)11-6-4-5-7-11/h10-11,20H,4-9H2,1-3H3,(H2,16,18). The summed E-state index contributed by atoms with van der Waals surface area (Å²) in [5, 5.41) is 15.2. The fourth-order valence-corrected chi connectivity index (χ4v) is 3.77. The van der Waals surface area contributed by atoms with Gasteiger partial charge in [0, 0.05) is 16.8 Å². The molecule has 118 valence electrons. The predicted molar refractivity (Wildman–Crippen MR) is 86.9 cm³/mol. The number of aromatic nitrogens is 1. The quantitative estimate of drug-likeness (QED) is 0.379. The molecule has 1 aromatic rings. The number of thiazole rings is 1. The van der Waals surface area contributed by atoms with Gasteiger partial charge in [0.25, 0.3) is 0 Å². The Balaban J connectivity index is 2.08. The summed E-state index contributed by atoms with van der Waals surface area (Å²) < 4.78 is 0. The second-order valence-electron chi connectivity index (χ2n) is 6.81. The zero-order valence-corrected chi connectivity index (χ0v) is 14.0. The molecule has 0 spiro atoms. The summed E-state index contributed by atoms with van der Waals surface area (Å²) in [5.74, 6) is 0.273. The highest BCUT2D eigenvalue weighted by atomic mass is 32.1. The van der Waals surface area contributed by atoms with Crippen molar-refractivity contribution in [3.8, 4) is 0 Å². The molecule has 2 rings (SSSR count). The van der Waals surface area contributed by atoms with Crippen molar-refractivity contribution in [2.75, 3.05) is 6.54 Å². The topological polar surface area (TPSA) is 74.7 Å². The van der Waals surface area contributed by atoms with Crippen LogP contribution in [0.4, 0.5) is 0 Å². The molecule has 0 radical (unpaired) electrons. The van der Waals surface area contributed by atoms with Crippen LogP contribution in [-0.2, 0) is 12.0 Å². The molecule has 1 fully saturated rings. The predicted octanol–water partition coefficient (Wildman–Crippen LogP) is 2.93. The molecule has 0 bridgehead atoms. The van der Waals surface area contributed by atoms with Crippen LogP contribution in [0.2, 0.25) is 0 Å². The Bertz CT molecular complexity index is 486. The first-order valence-electron chi connectivity index (χ1n) is 7.55. The second kappa shape index (κ2) is 6.75. The molecular weight excluding hydrogens is 284 g/mol. The van der Waals surface area contributed by atoms with Crippen LogP contribution in [0.25, 0.3) is 0 Å². The smallest absolute Gasteiger partial charge is 0.153 e. The van der Waals surface area contributed by atoms with Crippen molar-refractivity contribution in [3.05, 3.63) is 16.1 Å². The van der Waals surface area contributed by atoms with E-state index in [-0.39, 0.29) is 11.3 Å². The Morgan fingerprint density at radius 2 is 2.14 bits per heavy atom. The Kier molecular flexibility index (Phi) is 5.22. The van der Waals surface area contributed by atoms with Crippen LogP contribution < -0.4 is 5.73 Å². The summed E-state index contributed by atoms with van der Waals surface area (Å²) >= 11 is 1.70. The van der Waals surface area contributed by atoms with Gasteiger partial charge >= 0.3 is 0 Å². The van der Waals surface area contributed by atoms with Crippen LogP contribution in [-0.4, -0.2) is 33.5 Å². The number of oxime groups is 1. The maximum atomic E-state index is 8.83. The van der Waals surface area contributed by atoms with Crippen LogP contribution in [0.3, 0.4) is 0 Å². The van der Waals surface area contributed by atoms with Crippen molar-refractivity contribution in [3.63, 3.8) is 0 Å². The molecule has 0 atom stereocenters. The lowest BCUT2D eigenvalue weighted by atomic mass is 9.93. The Morgan fingerprint density at radius 3 is 2.67 bits per heavy atom. The van der Waals surface area contributed by atoms with Crippen molar-refractivity contribution in [1.82, 2.24) is 9.88 Å². The van der Waals surface area contributed by atoms with Gasteiger partial charge in [-0.3, -0.25) is 4.90 Å². The Morgan fingerprint density at radius 1 is 1.48 bits per heavy atom. The molecule has 21 heavy (non-hydrogen) atoms. The van der Waals surface area contributed by atoms with E-state index in [0.717, 1.165) is 17.2 Å². The highest BCUT2D eigenvalue weighted by molar-refractivity contribution is 7.09. The van der Waals surface area contributed by atoms with Gasteiger partial charge in [0.1, 0.15) is 5.01 Å². The van der Waals surface area contributed by atoms with Gasteiger partial charge in [0.15, 0.2) is 5.84 Å². The third-order valence-corrected chi connectivity index (χ3v) is 4.83. The normalized spacial score (nSPS) is 17.8. The number of hydrogen-bond acceptors (Lipinski definition) is 5. The zero-order valence-electron chi connectivity index (χ0n) is 13.2. The summed E-state index contributed by atoms with van der Waals surface area (Å²) in [6.07, 6.45) is 4.91. The van der Waals surface area contributed by atoms with Gasteiger partial charge in [0.2, 0.25) is 0 Å². The van der Waals surface area contributed by atoms with Crippen molar-refractivity contribution in [1.29, 1.82) is 0 Å². The molecule has 1 aromatic heterocycles. The third kappa shape index (κ3) is 4.41. The SMILES string of the molecule is CC(C)(C)c1csc(CN(CC(N)=NO)C2CCCC2)n1. The zero-order chi connectivity index (χ0) is 15.5. The van der Waals surface area contributed by atoms with Gasteiger partial charge in [0.05, 0.1) is 18.8 Å². The molecule has 3 N–H and O–H groups in total. The Labute approximate surface area is 130 Å². The van der Waals surface area contributed by atoms with E-state index >= 15 is 0 Å². The summed E-state index contributed by atoms with van der Waals surface area (Å²) in [6, 6.07) is 0.521. The Hall–Kier alpha value is -1.14. The lowest BCUT2D eigenvalue weighted by Gasteiger charge is -2.27. The largest absolute Gasteiger partial charge is 0.409 e. The third-order valence-electron chi connectivity index (χ3n) is 3.99. The number of nitrogens with two attached hydrogens (primary N) is 1. The van der Waals surface area contributed by atoms with E-state index < -0.39 is 0 Å². The van der Waals surface area contributed by atoms with E-state index in [0.29, 0.717) is 12.6 Å². The lowest BCUT2D eigenvalue weighted by Crippen LogP contribution is -2.39. The molecule has 1 aliphatic rings. The minimum atomic E-state index is 0.0819. The van der Waals surface area contributed by atoms with Crippen LogP contribution in [0.5, 0.6) is 0 Å². The molecule has 0 aromatic carbocycles. The van der Waals surface area contributed by atoms with E-state index in [1.807, 2.05) is 0 Å². The van der Waals surface area contributed by atoms with Crippen LogP contribution in [0.15, 0.2) is 10.5 Å². The van der Waals surface area contributed by atoms with E-state index in [2.05, 4.69) is 36.2 Å². The first kappa shape index (κ1) is 16.2. The highest BCUT2D eigenvalue weighted by Crippen LogP contribution is 2.28. The minimum Gasteiger partial charge on any atom is -0.409 e. The van der Waals surface area contributed by atoms with Gasteiger partial charge in [-0.15, -0.1) is 11.3 Å². The van der Waals surface area contributed by atoms with E-state index in [1.165, 1.54) is 25.7 Å². The molecule has 5 nitrogen and oxygen atoms in total. The lowest BCUT2D eigenvalue weighted by molar-refractivity contribution is 0.213. The van der Waals surface area contributed by atoms with Crippen molar-refractivity contribution >= 4 is 17.2 Å². The fourth-order valence-electron chi connectivity index (χ4n) is 2.72. The summed E-state index contributed by atoms with van der Waals surface area (Å²) in [6.45, 7) is 7.82. The molecule has 1 aliphatic carbocycles. The first-order valence-corrected chi connectivity index (χ1v) is 8.43. The van der Waals surface area contributed by atoms with E-state index in [1.54, 1.807) is 11.3 Å². The fraction of sp³-hybridized carbons (Fsp3) is 0.733. The van der Waals surface area contributed by atoms with Crippen molar-refractivity contribution in [2.24, 2.45) is 10.9 Å². The van der Waals surface area contributed by atoms with Gasteiger partial charge in [-0.25, -0.2) is 4.98 Å².